The van der Waals surface area contributed by atoms with Crippen LogP contribution in [0.25, 0.3) is 0 Å². The summed E-state index contributed by atoms with van der Waals surface area (Å²) in [5.74, 6) is 0.256. The second-order valence-electron chi connectivity index (χ2n) is 4.78. The Balaban J connectivity index is 3.10. The van der Waals surface area contributed by atoms with Crippen LogP contribution >= 0.6 is 11.6 Å². The summed E-state index contributed by atoms with van der Waals surface area (Å²) >= 11 is 5.82. The van der Waals surface area contributed by atoms with E-state index in [1.807, 2.05) is 13.8 Å². The van der Waals surface area contributed by atoms with Crippen molar-refractivity contribution < 1.29 is 18.3 Å². The average Bonchev–Trinajstić information content (AvgIpc) is 2.37. The number of ether oxygens (including phenoxy) is 1. The first-order chi connectivity index (χ1) is 9.31. The number of aliphatic hydroxyl groups is 1. The molecule has 0 amide bonds. The predicted octanol–water partition coefficient (Wildman–Crippen LogP) is 2.03. The monoisotopic (exact) mass is 321 g/mol. The standard InChI is InChI=1S/C13H20ClNO4S/c1-9(2)11(6-7-16)15-20(17,18)13-5-4-10(14)8-12(13)19-3/h4-5,8-9,11,15-16H,6-7H2,1-3H3. The van der Waals surface area contributed by atoms with Crippen LogP contribution in [0.5, 0.6) is 5.75 Å². The Hall–Kier alpha value is -0.820. The Morgan fingerprint density at radius 2 is 2.05 bits per heavy atom. The zero-order chi connectivity index (χ0) is 15.3. The Morgan fingerprint density at radius 3 is 2.55 bits per heavy atom. The summed E-state index contributed by atoms with van der Waals surface area (Å²) in [4.78, 5) is 0.0352. The van der Waals surface area contributed by atoms with Gasteiger partial charge in [-0.3, -0.25) is 0 Å². The minimum Gasteiger partial charge on any atom is -0.495 e. The summed E-state index contributed by atoms with van der Waals surface area (Å²) in [5, 5.41) is 9.41. The topological polar surface area (TPSA) is 75.6 Å². The third-order valence-electron chi connectivity index (χ3n) is 2.97. The molecule has 0 heterocycles. The van der Waals surface area contributed by atoms with Crippen LogP contribution in [0.3, 0.4) is 0 Å². The van der Waals surface area contributed by atoms with Crippen molar-refractivity contribution in [3.8, 4) is 5.75 Å². The molecule has 20 heavy (non-hydrogen) atoms. The number of halogens is 1. The van der Waals surface area contributed by atoms with Gasteiger partial charge in [-0.15, -0.1) is 0 Å². The van der Waals surface area contributed by atoms with E-state index in [1.54, 1.807) is 0 Å². The fraction of sp³-hybridized carbons (Fsp3) is 0.538. The third kappa shape index (κ3) is 4.34. The lowest BCUT2D eigenvalue weighted by atomic mass is 10.0. The molecule has 0 saturated heterocycles. The van der Waals surface area contributed by atoms with Crippen molar-refractivity contribution in [1.82, 2.24) is 4.72 Å². The van der Waals surface area contributed by atoms with E-state index in [9.17, 15) is 8.42 Å². The molecule has 0 spiro atoms. The van der Waals surface area contributed by atoms with Gasteiger partial charge in [0.15, 0.2) is 0 Å². The van der Waals surface area contributed by atoms with E-state index in [2.05, 4.69) is 4.72 Å². The highest BCUT2D eigenvalue weighted by Gasteiger charge is 2.25. The summed E-state index contributed by atoms with van der Waals surface area (Å²) < 4.78 is 32.4. The SMILES string of the molecule is COc1cc(Cl)ccc1S(=O)(=O)NC(CCO)C(C)C. The number of methoxy groups -OCH3 is 1. The first kappa shape index (κ1) is 17.2. The van der Waals surface area contributed by atoms with Crippen LogP contribution in [0.4, 0.5) is 0 Å². The maximum Gasteiger partial charge on any atom is 0.244 e. The van der Waals surface area contributed by atoms with E-state index in [1.165, 1.54) is 25.3 Å². The molecule has 1 atom stereocenters. The summed E-state index contributed by atoms with van der Waals surface area (Å²) in [6, 6.07) is 4.01. The average molecular weight is 322 g/mol. The smallest absolute Gasteiger partial charge is 0.244 e. The van der Waals surface area contributed by atoms with Crippen molar-refractivity contribution in [2.45, 2.75) is 31.2 Å². The largest absolute Gasteiger partial charge is 0.495 e. The van der Waals surface area contributed by atoms with Gasteiger partial charge < -0.3 is 9.84 Å². The molecule has 114 valence electrons. The first-order valence-electron chi connectivity index (χ1n) is 6.28. The summed E-state index contributed by atoms with van der Waals surface area (Å²) in [5.41, 5.74) is 0. The maximum absolute atomic E-state index is 12.4. The highest BCUT2D eigenvalue weighted by Crippen LogP contribution is 2.27. The van der Waals surface area contributed by atoms with Crippen molar-refractivity contribution in [1.29, 1.82) is 0 Å². The van der Waals surface area contributed by atoms with Gasteiger partial charge in [0.2, 0.25) is 10.0 Å². The van der Waals surface area contributed by atoms with Gasteiger partial charge in [-0.2, -0.15) is 0 Å². The van der Waals surface area contributed by atoms with E-state index in [0.29, 0.717) is 11.4 Å². The van der Waals surface area contributed by atoms with Gasteiger partial charge in [0.05, 0.1) is 7.11 Å². The molecule has 7 heteroatoms. The van der Waals surface area contributed by atoms with Crippen LogP contribution in [0.2, 0.25) is 5.02 Å². The number of nitrogens with one attached hydrogen (secondary N) is 1. The van der Waals surface area contributed by atoms with Crippen LogP contribution < -0.4 is 9.46 Å². The number of hydrogen-bond acceptors (Lipinski definition) is 4. The fourth-order valence-electron chi connectivity index (χ4n) is 1.79. The molecule has 1 aromatic carbocycles. The highest BCUT2D eigenvalue weighted by molar-refractivity contribution is 7.89. The van der Waals surface area contributed by atoms with E-state index in [0.717, 1.165) is 0 Å². The molecular formula is C13H20ClNO4S. The quantitative estimate of drug-likeness (QED) is 0.805. The first-order valence-corrected chi connectivity index (χ1v) is 8.14. The van der Waals surface area contributed by atoms with Crippen LogP contribution in [-0.4, -0.2) is 33.3 Å². The number of aliphatic hydroxyl groups excluding tert-OH is 1. The van der Waals surface area contributed by atoms with Gasteiger partial charge >= 0.3 is 0 Å². The van der Waals surface area contributed by atoms with Crippen molar-refractivity contribution in [3.63, 3.8) is 0 Å². The van der Waals surface area contributed by atoms with Gasteiger partial charge in [-0.1, -0.05) is 25.4 Å². The zero-order valence-corrected chi connectivity index (χ0v) is 13.3. The predicted molar refractivity (Wildman–Crippen MR) is 78.7 cm³/mol. The molecule has 1 rings (SSSR count). The van der Waals surface area contributed by atoms with Gasteiger partial charge in [-0.05, 0) is 24.5 Å². The fourth-order valence-corrected chi connectivity index (χ4v) is 3.53. The molecular weight excluding hydrogens is 302 g/mol. The van der Waals surface area contributed by atoms with Crippen molar-refractivity contribution >= 4 is 21.6 Å². The van der Waals surface area contributed by atoms with E-state index >= 15 is 0 Å². The Labute approximate surface area is 125 Å². The molecule has 0 bridgehead atoms. The van der Waals surface area contributed by atoms with Crippen molar-refractivity contribution in [3.05, 3.63) is 23.2 Å². The van der Waals surface area contributed by atoms with Gasteiger partial charge in [0, 0.05) is 23.7 Å². The Bertz CT molecular complexity index is 545. The molecule has 0 aliphatic rings. The lowest BCUT2D eigenvalue weighted by molar-refractivity contribution is 0.255. The number of benzene rings is 1. The normalized spacial score (nSPS) is 13.5. The Morgan fingerprint density at radius 1 is 1.40 bits per heavy atom. The van der Waals surface area contributed by atoms with Crippen LogP contribution in [0.1, 0.15) is 20.3 Å². The highest BCUT2D eigenvalue weighted by atomic mass is 35.5. The summed E-state index contributed by atoms with van der Waals surface area (Å²) in [6.07, 6.45) is 0.354. The molecule has 0 fully saturated rings. The van der Waals surface area contributed by atoms with E-state index in [-0.39, 0.29) is 29.2 Å². The summed E-state index contributed by atoms with van der Waals surface area (Å²) in [6.45, 7) is 3.70. The number of rotatable bonds is 7. The van der Waals surface area contributed by atoms with Crippen LogP contribution in [-0.2, 0) is 10.0 Å². The lowest BCUT2D eigenvalue weighted by Crippen LogP contribution is -2.39. The Kier molecular flexibility index (Phi) is 6.26. The molecule has 1 unspecified atom stereocenters. The molecule has 0 aromatic heterocycles. The third-order valence-corrected chi connectivity index (χ3v) is 4.73. The second-order valence-corrected chi connectivity index (χ2v) is 6.90. The molecule has 5 nitrogen and oxygen atoms in total. The molecule has 0 saturated carbocycles. The van der Waals surface area contributed by atoms with Crippen LogP contribution in [0, 0.1) is 5.92 Å². The van der Waals surface area contributed by atoms with Crippen LogP contribution in [0.15, 0.2) is 23.1 Å². The number of hydrogen-bond donors (Lipinski definition) is 2. The summed E-state index contributed by atoms with van der Waals surface area (Å²) in [7, 11) is -2.34. The molecule has 2 N–H and O–H groups in total. The lowest BCUT2D eigenvalue weighted by Gasteiger charge is -2.22. The van der Waals surface area contributed by atoms with E-state index < -0.39 is 10.0 Å². The minimum atomic E-state index is -3.73. The minimum absolute atomic E-state index is 0.0352. The maximum atomic E-state index is 12.4. The van der Waals surface area contributed by atoms with Gasteiger partial charge in [0.1, 0.15) is 10.6 Å². The molecule has 1 aromatic rings. The molecule has 0 aliphatic heterocycles. The molecule has 0 aliphatic carbocycles. The van der Waals surface area contributed by atoms with E-state index in [4.69, 9.17) is 21.4 Å². The van der Waals surface area contributed by atoms with Gasteiger partial charge in [0.25, 0.3) is 0 Å². The van der Waals surface area contributed by atoms with Crippen molar-refractivity contribution in [2.24, 2.45) is 5.92 Å². The second kappa shape index (κ2) is 7.26. The van der Waals surface area contributed by atoms with Crippen molar-refractivity contribution in [2.75, 3.05) is 13.7 Å². The molecule has 0 radical (unpaired) electrons. The van der Waals surface area contributed by atoms with Gasteiger partial charge in [-0.25, -0.2) is 13.1 Å². The zero-order valence-electron chi connectivity index (χ0n) is 11.8. The number of sulfonamides is 1.